The zero-order valence-corrected chi connectivity index (χ0v) is 8.51. The Balaban J connectivity index is 2.76. The molecule has 1 heterocycles. The Morgan fingerprint density at radius 1 is 1.36 bits per heavy atom. The maximum Gasteiger partial charge on any atom is 0.248 e. The van der Waals surface area contributed by atoms with E-state index in [1.54, 1.807) is 24.3 Å². The number of amides is 1. The predicted octanol–water partition coefficient (Wildman–Crippen LogP) is 2.40. The van der Waals surface area contributed by atoms with Gasteiger partial charge in [0.2, 0.25) is 5.91 Å². The SMILES string of the molecule is NC(=O)c1ccc2cc(Cl)n(Cl)c2c1. The van der Waals surface area contributed by atoms with E-state index in [4.69, 9.17) is 29.1 Å². The predicted molar refractivity (Wildman–Crippen MR) is 56.7 cm³/mol. The molecule has 0 fully saturated rings. The number of halogens is 2. The maximum atomic E-state index is 10.9. The fraction of sp³-hybridized carbons (Fsp3) is 0. The average molecular weight is 229 g/mol. The number of nitrogens with zero attached hydrogens (tertiary/aromatic N) is 1. The number of aromatic nitrogens is 1. The summed E-state index contributed by atoms with van der Waals surface area (Å²) in [5.74, 6) is -0.485. The molecule has 1 aromatic carbocycles. The van der Waals surface area contributed by atoms with Crippen LogP contribution in [0, 0.1) is 0 Å². The molecular weight excluding hydrogens is 223 g/mol. The summed E-state index contributed by atoms with van der Waals surface area (Å²) in [6.07, 6.45) is 0. The van der Waals surface area contributed by atoms with Crippen LogP contribution in [0.4, 0.5) is 0 Å². The normalized spacial score (nSPS) is 10.7. The molecule has 0 bridgehead atoms. The number of benzene rings is 1. The molecule has 0 aliphatic rings. The molecular formula is C9H6Cl2N2O. The van der Waals surface area contributed by atoms with E-state index in [9.17, 15) is 4.79 Å². The lowest BCUT2D eigenvalue weighted by Gasteiger charge is -1.97. The highest BCUT2D eigenvalue weighted by Gasteiger charge is 2.07. The van der Waals surface area contributed by atoms with Crippen LogP contribution < -0.4 is 5.73 Å². The lowest BCUT2D eigenvalue weighted by molar-refractivity contribution is 0.100. The molecule has 0 saturated heterocycles. The number of hydrogen-bond acceptors (Lipinski definition) is 1. The van der Waals surface area contributed by atoms with Crippen molar-refractivity contribution in [1.82, 2.24) is 4.09 Å². The van der Waals surface area contributed by atoms with Crippen molar-refractivity contribution >= 4 is 40.2 Å². The summed E-state index contributed by atoms with van der Waals surface area (Å²) in [5, 5.41) is 1.28. The Morgan fingerprint density at radius 2 is 2.07 bits per heavy atom. The summed E-state index contributed by atoms with van der Waals surface area (Å²) in [4.78, 5) is 10.9. The number of fused-ring (bicyclic) bond motifs is 1. The smallest absolute Gasteiger partial charge is 0.248 e. The fourth-order valence-electron chi connectivity index (χ4n) is 1.29. The molecule has 0 unspecified atom stereocenters. The van der Waals surface area contributed by atoms with Crippen LogP contribution in [-0.2, 0) is 0 Å². The summed E-state index contributed by atoms with van der Waals surface area (Å²) in [6, 6.07) is 6.71. The molecule has 0 radical (unpaired) electrons. The van der Waals surface area contributed by atoms with Gasteiger partial charge in [-0.1, -0.05) is 17.7 Å². The highest BCUT2D eigenvalue weighted by molar-refractivity contribution is 6.35. The molecule has 0 aliphatic heterocycles. The van der Waals surface area contributed by atoms with Crippen LogP contribution in [0.3, 0.4) is 0 Å². The lowest BCUT2D eigenvalue weighted by atomic mass is 10.1. The molecule has 0 saturated carbocycles. The molecule has 0 spiro atoms. The number of hydrogen-bond donors (Lipinski definition) is 1. The number of rotatable bonds is 1. The molecule has 2 N–H and O–H groups in total. The molecule has 0 aliphatic carbocycles. The van der Waals surface area contributed by atoms with Gasteiger partial charge in [0.15, 0.2) is 0 Å². The first-order valence-electron chi connectivity index (χ1n) is 3.86. The molecule has 1 aromatic heterocycles. The van der Waals surface area contributed by atoms with Gasteiger partial charge in [0.25, 0.3) is 0 Å². The number of nitrogens with two attached hydrogens (primary N) is 1. The van der Waals surface area contributed by atoms with Crippen molar-refractivity contribution in [3.63, 3.8) is 0 Å². The van der Waals surface area contributed by atoms with Crippen molar-refractivity contribution in [1.29, 1.82) is 0 Å². The van der Waals surface area contributed by atoms with Gasteiger partial charge in [-0.15, -0.1) is 0 Å². The third-order valence-corrected chi connectivity index (χ3v) is 2.72. The first kappa shape index (κ1) is 9.37. The van der Waals surface area contributed by atoms with Gasteiger partial charge in [0.05, 0.1) is 5.52 Å². The van der Waals surface area contributed by atoms with Gasteiger partial charge < -0.3 is 5.73 Å². The van der Waals surface area contributed by atoms with Crippen molar-refractivity contribution in [3.8, 4) is 0 Å². The molecule has 2 aromatic rings. The highest BCUT2D eigenvalue weighted by atomic mass is 35.5. The van der Waals surface area contributed by atoms with Gasteiger partial charge in [0, 0.05) is 22.7 Å². The minimum absolute atomic E-state index is 0.406. The Hall–Kier alpha value is -1.19. The van der Waals surface area contributed by atoms with Gasteiger partial charge in [-0.2, -0.15) is 0 Å². The van der Waals surface area contributed by atoms with Crippen LogP contribution in [0.25, 0.3) is 10.9 Å². The summed E-state index contributed by atoms with van der Waals surface area (Å²) < 4.78 is 1.28. The van der Waals surface area contributed by atoms with Crippen LogP contribution >= 0.6 is 23.4 Å². The fourth-order valence-corrected chi connectivity index (χ4v) is 1.69. The van der Waals surface area contributed by atoms with Crippen molar-refractivity contribution in [2.45, 2.75) is 0 Å². The molecule has 5 heteroatoms. The van der Waals surface area contributed by atoms with Crippen molar-refractivity contribution in [2.24, 2.45) is 5.73 Å². The highest BCUT2D eigenvalue weighted by Crippen LogP contribution is 2.25. The lowest BCUT2D eigenvalue weighted by Crippen LogP contribution is -2.10. The summed E-state index contributed by atoms with van der Waals surface area (Å²) in [6.45, 7) is 0. The quantitative estimate of drug-likeness (QED) is 0.801. The van der Waals surface area contributed by atoms with E-state index in [1.165, 1.54) is 4.09 Å². The average Bonchev–Trinajstić information content (AvgIpc) is 2.43. The third-order valence-electron chi connectivity index (χ3n) is 1.99. The third kappa shape index (κ3) is 1.35. The van der Waals surface area contributed by atoms with Gasteiger partial charge in [-0.05, 0) is 18.2 Å². The van der Waals surface area contributed by atoms with Gasteiger partial charge in [-0.25, -0.2) is 4.09 Å². The summed E-state index contributed by atoms with van der Waals surface area (Å²) in [7, 11) is 0. The minimum atomic E-state index is -0.485. The Kier molecular flexibility index (Phi) is 2.13. The van der Waals surface area contributed by atoms with Crippen molar-refractivity contribution < 1.29 is 4.79 Å². The summed E-state index contributed by atoms with van der Waals surface area (Å²) in [5.41, 5.74) is 6.22. The zero-order chi connectivity index (χ0) is 10.3. The second-order valence-electron chi connectivity index (χ2n) is 2.89. The second-order valence-corrected chi connectivity index (χ2v) is 3.61. The number of carbonyl (C=O) groups is 1. The Bertz CT molecular complexity index is 519. The van der Waals surface area contributed by atoms with E-state index in [0.717, 1.165) is 5.39 Å². The van der Waals surface area contributed by atoms with Crippen LogP contribution in [0.5, 0.6) is 0 Å². The summed E-state index contributed by atoms with van der Waals surface area (Å²) >= 11 is 11.6. The van der Waals surface area contributed by atoms with Crippen molar-refractivity contribution in [2.75, 3.05) is 0 Å². The van der Waals surface area contributed by atoms with E-state index in [-0.39, 0.29) is 0 Å². The van der Waals surface area contributed by atoms with E-state index in [1.807, 2.05) is 0 Å². The Morgan fingerprint density at radius 3 is 2.71 bits per heavy atom. The van der Waals surface area contributed by atoms with E-state index in [2.05, 4.69) is 0 Å². The number of primary amides is 1. The second kappa shape index (κ2) is 3.19. The maximum absolute atomic E-state index is 10.9. The largest absolute Gasteiger partial charge is 0.366 e. The van der Waals surface area contributed by atoms with Crippen LogP contribution in [0.1, 0.15) is 10.4 Å². The minimum Gasteiger partial charge on any atom is -0.366 e. The van der Waals surface area contributed by atoms with E-state index >= 15 is 0 Å². The molecule has 14 heavy (non-hydrogen) atoms. The first-order chi connectivity index (χ1) is 6.59. The van der Waals surface area contributed by atoms with E-state index < -0.39 is 5.91 Å². The van der Waals surface area contributed by atoms with Crippen molar-refractivity contribution in [3.05, 3.63) is 35.0 Å². The van der Waals surface area contributed by atoms with Gasteiger partial charge in [-0.3, -0.25) is 4.79 Å². The van der Waals surface area contributed by atoms with Gasteiger partial charge in [0.1, 0.15) is 5.15 Å². The first-order valence-corrected chi connectivity index (χ1v) is 4.58. The molecule has 1 amide bonds. The standard InChI is InChI=1S/C9H6Cl2N2O/c10-8-4-5-1-2-6(9(12)14)3-7(5)13(8)11/h1-4H,(H2,12,14). The molecule has 3 nitrogen and oxygen atoms in total. The Labute approximate surface area is 90.1 Å². The molecule has 2 rings (SSSR count). The molecule has 0 atom stereocenters. The van der Waals surface area contributed by atoms with Crippen LogP contribution in [-0.4, -0.2) is 9.99 Å². The van der Waals surface area contributed by atoms with Gasteiger partial charge >= 0.3 is 0 Å². The zero-order valence-electron chi connectivity index (χ0n) is 7.00. The van der Waals surface area contributed by atoms with E-state index in [0.29, 0.717) is 16.2 Å². The number of carbonyl (C=O) groups excluding carboxylic acids is 1. The monoisotopic (exact) mass is 228 g/mol. The topological polar surface area (TPSA) is 48.0 Å². The van der Waals surface area contributed by atoms with Crippen LogP contribution in [0.2, 0.25) is 5.15 Å². The van der Waals surface area contributed by atoms with Crippen LogP contribution in [0.15, 0.2) is 24.3 Å². The molecule has 72 valence electrons.